The number of anilines is 1. The second-order valence-corrected chi connectivity index (χ2v) is 5.15. The monoisotopic (exact) mass is 249 g/mol. The Morgan fingerprint density at radius 1 is 1.22 bits per heavy atom. The first-order valence-electron chi connectivity index (χ1n) is 6.95. The maximum Gasteiger partial charge on any atom is 0.224 e. The number of nitrogens with zero attached hydrogens (tertiary/aromatic N) is 3. The summed E-state index contributed by atoms with van der Waals surface area (Å²) >= 11 is 0. The zero-order valence-corrected chi connectivity index (χ0v) is 11.2. The molecule has 0 aromatic carbocycles. The molecule has 0 spiro atoms. The number of hydrogen-bond donors (Lipinski definition) is 1. The molecule has 1 aliphatic rings. The fourth-order valence-corrected chi connectivity index (χ4v) is 2.58. The molecule has 100 valence electrons. The van der Waals surface area contributed by atoms with Gasteiger partial charge in [-0.3, -0.25) is 0 Å². The van der Waals surface area contributed by atoms with Crippen LogP contribution in [-0.4, -0.2) is 35.3 Å². The minimum atomic E-state index is 0.213. The van der Waals surface area contributed by atoms with Crippen LogP contribution >= 0.6 is 0 Å². The van der Waals surface area contributed by atoms with Gasteiger partial charge >= 0.3 is 0 Å². The van der Waals surface area contributed by atoms with Gasteiger partial charge in [0.1, 0.15) is 0 Å². The largest absolute Gasteiger partial charge is 0.396 e. The average Bonchev–Trinajstić information content (AvgIpc) is 2.46. The number of aliphatic hydroxyl groups is 1. The summed E-state index contributed by atoms with van der Waals surface area (Å²) in [5.41, 5.74) is 1.29. The van der Waals surface area contributed by atoms with Crippen molar-refractivity contribution in [2.75, 3.05) is 25.1 Å². The van der Waals surface area contributed by atoms with E-state index in [1.165, 1.54) is 37.7 Å². The van der Waals surface area contributed by atoms with Crippen LogP contribution in [0.4, 0.5) is 5.95 Å². The van der Waals surface area contributed by atoms with E-state index >= 15 is 0 Å². The number of hydrogen-bond acceptors (Lipinski definition) is 4. The van der Waals surface area contributed by atoms with E-state index in [0.717, 1.165) is 18.9 Å². The number of aromatic nitrogens is 2. The molecule has 4 nitrogen and oxygen atoms in total. The van der Waals surface area contributed by atoms with Crippen molar-refractivity contribution >= 4 is 5.95 Å². The normalized spacial score (nSPS) is 16.8. The van der Waals surface area contributed by atoms with Crippen molar-refractivity contribution in [3.8, 4) is 0 Å². The Hall–Kier alpha value is -1.16. The predicted octanol–water partition coefficient (Wildman–Crippen LogP) is 2.34. The Balaban J connectivity index is 1.95. The van der Waals surface area contributed by atoms with Gasteiger partial charge in [0.2, 0.25) is 5.95 Å². The molecule has 0 unspecified atom stereocenters. The molecular formula is C14H23N3O. The Morgan fingerprint density at radius 3 is 2.50 bits per heavy atom. The Morgan fingerprint density at radius 2 is 1.89 bits per heavy atom. The summed E-state index contributed by atoms with van der Waals surface area (Å²) in [5.74, 6) is 1.42. The minimum Gasteiger partial charge on any atom is -0.396 e. The number of aliphatic hydroxyl groups excluding tert-OH is 1. The lowest BCUT2D eigenvalue weighted by molar-refractivity contribution is 0.290. The van der Waals surface area contributed by atoms with E-state index in [4.69, 9.17) is 5.11 Å². The Labute approximate surface area is 109 Å². The molecule has 0 aliphatic heterocycles. The van der Waals surface area contributed by atoms with Gasteiger partial charge in [-0.25, -0.2) is 9.97 Å². The molecule has 1 aliphatic carbocycles. The zero-order chi connectivity index (χ0) is 12.8. The summed E-state index contributed by atoms with van der Waals surface area (Å²) in [7, 11) is 1.96. The molecule has 18 heavy (non-hydrogen) atoms. The molecule has 0 radical (unpaired) electrons. The first-order valence-corrected chi connectivity index (χ1v) is 6.95. The van der Waals surface area contributed by atoms with Crippen molar-refractivity contribution in [1.82, 2.24) is 9.97 Å². The fourth-order valence-electron chi connectivity index (χ4n) is 2.58. The highest BCUT2D eigenvalue weighted by atomic mass is 16.3. The molecule has 2 rings (SSSR count). The van der Waals surface area contributed by atoms with Crippen molar-refractivity contribution in [3.63, 3.8) is 0 Å². The van der Waals surface area contributed by atoms with Gasteiger partial charge < -0.3 is 10.0 Å². The second kappa shape index (κ2) is 6.69. The van der Waals surface area contributed by atoms with Gasteiger partial charge in [0.05, 0.1) is 0 Å². The first-order chi connectivity index (χ1) is 8.81. The lowest BCUT2D eigenvalue weighted by atomic mass is 9.85. The highest BCUT2D eigenvalue weighted by Gasteiger charge is 2.16. The van der Waals surface area contributed by atoms with Gasteiger partial charge in [0.15, 0.2) is 0 Å². The first kappa shape index (κ1) is 13.3. The molecule has 0 bridgehead atoms. The molecule has 1 saturated carbocycles. The van der Waals surface area contributed by atoms with Crippen molar-refractivity contribution in [2.24, 2.45) is 0 Å². The van der Waals surface area contributed by atoms with Crippen LogP contribution in [0.5, 0.6) is 0 Å². The maximum absolute atomic E-state index is 8.81. The van der Waals surface area contributed by atoms with E-state index in [1.807, 2.05) is 24.3 Å². The van der Waals surface area contributed by atoms with E-state index < -0.39 is 0 Å². The van der Waals surface area contributed by atoms with Crippen LogP contribution in [0.15, 0.2) is 12.4 Å². The van der Waals surface area contributed by atoms with Crippen LogP contribution in [0, 0.1) is 0 Å². The highest BCUT2D eigenvalue weighted by molar-refractivity contribution is 5.29. The lowest BCUT2D eigenvalue weighted by Gasteiger charge is -2.22. The van der Waals surface area contributed by atoms with Crippen LogP contribution in [0.1, 0.15) is 50.0 Å². The molecular weight excluding hydrogens is 226 g/mol. The molecule has 4 heteroatoms. The minimum absolute atomic E-state index is 0.213. The van der Waals surface area contributed by atoms with Crippen molar-refractivity contribution in [1.29, 1.82) is 0 Å². The van der Waals surface area contributed by atoms with Crippen molar-refractivity contribution < 1.29 is 5.11 Å². The van der Waals surface area contributed by atoms with Gasteiger partial charge in [0.25, 0.3) is 0 Å². The van der Waals surface area contributed by atoms with E-state index in [9.17, 15) is 0 Å². The van der Waals surface area contributed by atoms with E-state index in [0.29, 0.717) is 5.92 Å². The molecule has 0 amide bonds. The molecule has 0 atom stereocenters. The van der Waals surface area contributed by atoms with E-state index in [2.05, 4.69) is 9.97 Å². The fraction of sp³-hybridized carbons (Fsp3) is 0.714. The predicted molar refractivity (Wildman–Crippen MR) is 72.8 cm³/mol. The summed E-state index contributed by atoms with van der Waals surface area (Å²) in [6.07, 6.45) is 11.3. The summed E-state index contributed by atoms with van der Waals surface area (Å²) in [5, 5.41) is 8.81. The Kier molecular flexibility index (Phi) is 4.93. The highest BCUT2D eigenvalue weighted by Crippen LogP contribution is 2.31. The average molecular weight is 249 g/mol. The van der Waals surface area contributed by atoms with E-state index in [-0.39, 0.29) is 6.61 Å². The molecule has 1 aromatic rings. The second-order valence-electron chi connectivity index (χ2n) is 5.15. The van der Waals surface area contributed by atoms with Gasteiger partial charge in [0, 0.05) is 32.6 Å². The molecule has 1 aromatic heterocycles. The van der Waals surface area contributed by atoms with Gasteiger partial charge in [-0.1, -0.05) is 19.3 Å². The third-order valence-corrected chi connectivity index (χ3v) is 3.73. The van der Waals surface area contributed by atoms with Crippen LogP contribution in [0.25, 0.3) is 0 Å². The summed E-state index contributed by atoms with van der Waals surface area (Å²) in [4.78, 5) is 10.9. The number of rotatable bonds is 5. The van der Waals surface area contributed by atoms with Crippen molar-refractivity contribution in [2.45, 2.75) is 44.4 Å². The van der Waals surface area contributed by atoms with Crippen LogP contribution in [0.2, 0.25) is 0 Å². The molecule has 1 heterocycles. The van der Waals surface area contributed by atoms with E-state index in [1.54, 1.807) is 0 Å². The smallest absolute Gasteiger partial charge is 0.224 e. The SMILES string of the molecule is CN(CCCO)c1ncc(C2CCCCC2)cn1. The summed E-state index contributed by atoms with van der Waals surface area (Å²) in [6, 6.07) is 0. The molecule has 0 saturated heterocycles. The lowest BCUT2D eigenvalue weighted by Crippen LogP contribution is -2.22. The topological polar surface area (TPSA) is 49.2 Å². The van der Waals surface area contributed by atoms with Crippen LogP contribution < -0.4 is 4.90 Å². The Bertz CT molecular complexity index is 347. The van der Waals surface area contributed by atoms with Crippen LogP contribution in [0.3, 0.4) is 0 Å². The van der Waals surface area contributed by atoms with Crippen LogP contribution in [-0.2, 0) is 0 Å². The quantitative estimate of drug-likeness (QED) is 0.870. The van der Waals surface area contributed by atoms with Gasteiger partial charge in [-0.15, -0.1) is 0 Å². The third kappa shape index (κ3) is 3.42. The van der Waals surface area contributed by atoms with Gasteiger partial charge in [-0.05, 0) is 30.7 Å². The zero-order valence-electron chi connectivity index (χ0n) is 11.2. The standard InChI is InChI=1S/C14H23N3O/c1-17(8-5-9-18)14-15-10-13(11-16-14)12-6-3-2-4-7-12/h10-12,18H,2-9H2,1H3. The van der Waals surface area contributed by atoms with Gasteiger partial charge in [-0.2, -0.15) is 0 Å². The maximum atomic E-state index is 8.81. The third-order valence-electron chi connectivity index (χ3n) is 3.73. The molecule has 1 N–H and O–H groups in total. The van der Waals surface area contributed by atoms with Crippen molar-refractivity contribution in [3.05, 3.63) is 18.0 Å². The molecule has 1 fully saturated rings. The summed E-state index contributed by atoms with van der Waals surface area (Å²) < 4.78 is 0. The summed E-state index contributed by atoms with van der Waals surface area (Å²) in [6.45, 7) is 1.00.